The molecule has 33 heavy (non-hydrogen) atoms. The molecule has 4 aromatic rings. The molecule has 0 radical (unpaired) electrons. The highest BCUT2D eigenvalue weighted by molar-refractivity contribution is 7.10. The van der Waals surface area contributed by atoms with E-state index in [0.29, 0.717) is 0 Å². The summed E-state index contributed by atoms with van der Waals surface area (Å²) in [6, 6.07) is 16.3. The summed E-state index contributed by atoms with van der Waals surface area (Å²) in [6.07, 6.45) is 15.8. The maximum atomic E-state index is 5.07. The predicted molar refractivity (Wildman–Crippen MR) is 144 cm³/mol. The Morgan fingerprint density at radius 1 is 0.909 bits per heavy atom. The number of aryl methyl sites for hydroxylation is 4. The Morgan fingerprint density at radius 2 is 1.64 bits per heavy atom. The van der Waals surface area contributed by atoms with E-state index < -0.39 is 0 Å². The summed E-state index contributed by atoms with van der Waals surface area (Å²) in [6.45, 7) is 10.5. The van der Waals surface area contributed by atoms with Gasteiger partial charge in [0.25, 0.3) is 0 Å². The normalized spacial score (nSPS) is 9.73. The first-order valence-electron chi connectivity index (χ1n) is 11.6. The highest BCUT2D eigenvalue weighted by Crippen LogP contribution is 2.09. The van der Waals surface area contributed by atoms with Gasteiger partial charge in [0.2, 0.25) is 0 Å². The molecule has 0 amide bonds. The van der Waals surface area contributed by atoms with Gasteiger partial charge >= 0.3 is 0 Å². The Balaban J connectivity index is 0.000000220. The van der Waals surface area contributed by atoms with Crippen LogP contribution in [0.4, 0.5) is 0 Å². The molecule has 0 atom stereocenters. The van der Waals surface area contributed by atoms with Crippen LogP contribution in [0.1, 0.15) is 61.6 Å². The summed E-state index contributed by atoms with van der Waals surface area (Å²) in [5, 5.41) is 2.08. The summed E-state index contributed by atoms with van der Waals surface area (Å²) in [5.41, 5.74) is 3.82. The number of thiophene rings is 1. The van der Waals surface area contributed by atoms with Gasteiger partial charge in [0, 0.05) is 35.6 Å². The fourth-order valence-corrected chi connectivity index (χ4v) is 3.38. The van der Waals surface area contributed by atoms with Gasteiger partial charge in [0.15, 0.2) is 0 Å². The quantitative estimate of drug-likeness (QED) is 0.298. The SMILES string of the molecule is C/C=C/c1cccs1.CCCc1ccco1.CCc1ccnc(C)c1.CCc1ccncc1. The number of furan rings is 1. The zero-order chi connectivity index (χ0) is 24.2. The fraction of sp³-hybridized carbons (Fsp3) is 0.310. The molecule has 0 bridgehead atoms. The second-order valence-corrected chi connectivity index (χ2v) is 8.19. The standard InChI is InChI=1S/C8H11N.C7H9N.C7H10O.C7H8S/c1-3-8-4-5-9-7(2)6-8;1-2-7-3-5-8-6-4-7;2*1-2-4-7-5-3-6-8-7/h4-6H,3H2,1-2H3;3-6H,2H2,1H3;3,5-6H,2,4H2,1H3;2-6H,1H3/b;;;4-2+. The van der Waals surface area contributed by atoms with Crippen molar-refractivity contribution in [3.8, 4) is 0 Å². The average Bonchev–Trinajstić information content (AvgIpc) is 3.56. The topological polar surface area (TPSA) is 38.9 Å². The van der Waals surface area contributed by atoms with Gasteiger partial charge in [-0.05, 0) is 98.2 Å². The molecule has 0 saturated heterocycles. The smallest absolute Gasteiger partial charge is 0.103 e. The van der Waals surface area contributed by atoms with Crippen LogP contribution < -0.4 is 0 Å². The van der Waals surface area contributed by atoms with E-state index in [-0.39, 0.29) is 0 Å². The van der Waals surface area contributed by atoms with Gasteiger partial charge in [0.1, 0.15) is 5.76 Å². The minimum Gasteiger partial charge on any atom is -0.469 e. The lowest BCUT2D eigenvalue weighted by atomic mass is 10.2. The Labute approximate surface area is 204 Å². The van der Waals surface area contributed by atoms with Crippen LogP contribution in [0.5, 0.6) is 0 Å². The third-order valence-electron chi connectivity index (χ3n) is 4.48. The van der Waals surface area contributed by atoms with Crippen molar-refractivity contribution in [1.29, 1.82) is 0 Å². The van der Waals surface area contributed by atoms with Crippen molar-refractivity contribution in [1.82, 2.24) is 9.97 Å². The van der Waals surface area contributed by atoms with E-state index in [9.17, 15) is 0 Å². The first-order chi connectivity index (χ1) is 16.1. The molecule has 0 N–H and O–H groups in total. The number of pyridine rings is 2. The molecule has 4 rings (SSSR count). The number of nitrogens with zero attached hydrogens (tertiary/aromatic N) is 2. The molecule has 0 aliphatic heterocycles. The average molecular weight is 463 g/mol. The van der Waals surface area contributed by atoms with Gasteiger partial charge in [-0.15, -0.1) is 11.3 Å². The first-order valence-corrected chi connectivity index (χ1v) is 12.5. The minimum atomic E-state index is 1.06. The monoisotopic (exact) mass is 462 g/mol. The molecule has 0 unspecified atom stereocenters. The predicted octanol–water partition coefficient (Wildman–Crippen LogP) is 8.61. The van der Waals surface area contributed by atoms with E-state index in [2.05, 4.69) is 60.4 Å². The molecule has 0 aliphatic rings. The third-order valence-corrected chi connectivity index (χ3v) is 5.32. The molecule has 4 heterocycles. The molecule has 0 saturated carbocycles. The van der Waals surface area contributed by atoms with E-state index >= 15 is 0 Å². The van der Waals surface area contributed by atoms with Crippen LogP contribution >= 0.6 is 11.3 Å². The zero-order valence-corrected chi connectivity index (χ0v) is 21.5. The zero-order valence-electron chi connectivity index (χ0n) is 20.7. The van der Waals surface area contributed by atoms with Crippen LogP contribution in [0.15, 0.2) is 89.3 Å². The maximum absolute atomic E-state index is 5.07. The van der Waals surface area contributed by atoms with E-state index in [4.69, 9.17) is 4.42 Å². The molecule has 3 nitrogen and oxygen atoms in total. The molecule has 4 heteroatoms. The van der Waals surface area contributed by atoms with Crippen molar-refractivity contribution in [2.45, 2.75) is 60.3 Å². The third kappa shape index (κ3) is 13.9. The van der Waals surface area contributed by atoms with Gasteiger partial charge in [-0.2, -0.15) is 0 Å². The lowest BCUT2D eigenvalue weighted by molar-refractivity contribution is 0.506. The van der Waals surface area contributed by atoms with Crippen LogP contribution in [-0.2, 0) is 19.3 Å². The molecule has 4 aromatic heterocycles. The van der Waals surface area contributed by atoms with Crippen molar-refractivity contribution in [3.05, 3.63) is 112 Å². The van der Waals surface area contributed by atoms with Crippen LogP contribution in [0.25, 0.3) is 6.08 Å². The minimum absolute atomic E-state index is 1.06. The van der Waals surface area contributed by atoms with Crippen molar-refractivity contribution < 1.29 is 4.42 Å². The summed E-state index contributed by atoms with van der Waals surface area (Å²) < 4.78 is 5.07. The number of allylic oxidation sites excluding steroid dienone is 1. The molecule has 176 valence electrons. The van der Waals surface area contributed by atoms with Gasteiger partial charge in [-0.25, -0.2) is 0 Å². The molecular weight excluding hydrogens is 424 g/mol. The highest BCUT2D eigenvalue weighted by Gasteiger charge is 1.89. The first kappa shape index (κ1) is 28.1. The molecular formula is C29H38N2OS. The Kier molecular flexibility index (Phi) is 15.8. The maximum Gasteiger partial charge on any atom is 0.103 e. The van der Waals surface area contributed by atoms with Gasteiger partial charge in [-0.3, -0.25) is 9.97 Å². The van der Waals surface area contributed by atoms with Crippen molar-refractivity contribution in [2.24, 2.45) is 0 Å². The van der Waals surface area contributed by atoms with E-state index in [1.807, 2.05) is 68.8 Å². The summed E-state index contributed by atoms with van der Waals surface area (Å²) in [7, 11) is 0. The van der Waals surface area contributed by atoms with Crippen molar-refractivity contribution in [2.75, 3.05) is 0 Å². The molecule has 0 fully saturated rings. The molecule has 0 aromatic carbocycles. The van der Waals surface area contributed by atoms with Crippen LogP contribution in [-0.4, -0.2) is 9.97 Å². The number of hydrogen-bond acceptors (Lipinski definition) is 4. The van der Waals surface area contributed by atoms with E-state index in [1.54, 1.807) is 17.6 Å². The Hall–Kier alpha value is -2.98. The second kappa shape index (κ2) is 18.6. The van der Waals surface area contributed by atoms with Crippen LogP contribution in [0.3, 0.4) is 0 Å². The molecule has 0 spiro atoms. The lowest BCUT2D eigenvalue weighted by Crippen LogP contribution is -1.83. The lowest BCUT2D eigenvalue weighted by Gasteiger charge is -1.94. The Bertz CT molecular complexity index is 962. The number of rotatable bonds is 5. The highest BCUT2D eigenvalue weighted by atomic mass is 32.1. The second-order valence-electron chi connectivity index (χ2n) is 7.21. The van der Waals surface area contributed by atoms with Crippen molar-refractivity contribution in [3.63, 3.8) is 0 Å². The van der Waals surface area contributed by atoms with Crippen LogP contribution in [0, 0.1) is 6.92 Å². The summed E-state index contributed by atoms with van der Waals surface area (Å²) in [5.74, 6) is 1.09. The molecule has 0 aliphatic carbocycles. The van der Waals surface area contributed by atoms with Crippen LogP contribution in [0.2, 0.25) is 0 Å². The van der Waals surface area contributed by atoms with E-state index in [1.165, 1.54) is 16.0 Å². The summed E-state index contributed by atoms with van der Waals surface area (Å²) in [4.78, 5) is 9.31. The van der Waals surface area contributed by atoms with E-state index in [0.717, 1.165) is 37.1 Å². The largest absolute Gasteiger partial charge is 0.469 e. The number of aromatic nitrogens is 2. The fourth-order valence-electron chi connectivity index (χ4n) is 2.69. The Morgan fingerprint density at radius 3 is 2.09 bits per heavy atom. The summed E-state index contributed by atoms with van der Waals surface area (Å²) >= 11 is 1.76. The van der Waals surface area contributed by atoms with Gasteiger partial charge in [-0.1, -0.05) is 32.9 Å². The van der Waals surface area contributed by atoms with Gasteiger partial charge in [0.05, 0.1) is 6.26 Å². The van der Waals surface area contributed by atoms with Gasteiger partial charge < -0.3 is 4.42 Å². The van der Waals surface area contributed by atoms with Crippen molar-refractivity contribution >= 4 is 17.4 Å². The number of hydrogen-bond donors (Lipinski definition) is 0.